The molecular formula is C47H61N9O5. The van der Waals surface area contributed by atoms with Crippen LogP contribution in [0.2, 0.25) is 0 Å². The lowest BCUT2D eigenvalue weighted by atomic mass is 9.95. The fraction of sp³-hybridized carbons (Fsp3) is 0.468. The number of allylic oxidation sites excluding steroid dienone is 2. The smallest absolute Gasteiger partial charge is 0.410 e. The highest BCUT2D eigenvalue weighted by Gasteiger charge is 2.38. The number of nitrogens with zero attached hydrogens (tertiary/aromatic N) is 6. The van der Waals surface area contributed by atoms with Crippen LogP contribution in [0.3, 0.4) is 0 Å². The molecule has 2 aromatic carbocycles. The molecule has 14 nitrogen and oxygen atoms in total. The van der Waals surface area contributed by atoms with Crippen molar-refractivity contribution in [1.29, 1.82) is 0 Å². The van der Waals surface area contributed by atoms with Gasteiger partial charge in [0.15, 0.2) is 0 Å². The van der Waals surface area contributed by atoms with Gasteiger partial charge in [-0.15, -0.1) is 0 Å². The van der Waals surface area contributed by atoms with Crippen molar-refractivity contribution >= 4 is 35.9 Å². The molecule has 3 aliphatic heterocycles. The lowest BCUT2D eigenvalue weighted by molar-refractivity contribution is -0.135. The summed E-state index contributed by atoms with van der Waals surface area (Å²) in [5, 5.41) is 2.73. The molecule has 5 heterocycles. The summed E-state index contributed by atoms with van der Waals surface area (Å²) in [6.07, 6.45) is 14.2. The third-order valence-electron chi connectivity index (χ3n) is 11.7. The van der Waals surface area contributed by atoms with E-state index in [2.05, 4.69) is 85.7 Å². The second-order valence-electron chi connectivity index (χ2n) is 17.6. The lowest BCUT2D eigenvalue weighted by Crippen LogP contribution is -2.51. The second-order valence-corrected chi connectivity index (χ2v) is 17.6. The second kappa shape index (κ2) is 18.8. The number of carbonyl (C=O) groups excluding carboxylic acids is 3. The Hall–Kier alpha value is -5.89. The van der Waals surface area contributed by atoms with E-state index in [-0.39, 0.29) is 30.0 Å². The molecule has 3 fully saturated rings. The summed E-state index contributed by atoms with van der Waals surface area (Å²) in [6, 6.07) is 14.2. The molecular weight excluding hydrogens is 771 g/mol. The predicted octanol–water partition coefficient (Wildman–Crippen LogP) is 8.06. The fourth-order valence-corrected chi connectivity index (χ4v) is 8.40. The van der Waals surface area contributed by atoms with Crippen molar-refractivity contribution in [1.82, 2.24) is 40.0 Å². The van der Waals surface area contributed by atoms with E-state index in [9.17, 15) is 14.4 Å². The molecule has 61 heavy (non-hydrogen) atoms. The Kier molecular flexibility index (Phi) is 13.3. The summed E-state index contributed by atoms with van der Waals surface area (Å²) in [5.41, 5.74) is 6.56. The summed E-state index contributed by atoms with van der Waals surface area (Å²) in [7, 11) is 3.47. The molecule has 0 spiro atoms. The number of amides is 3. The van der Waals surface area contributed by atoms with Gasteiger partial charge in [-0.1, -0.05) is 56.3 Å². The van der Waals surface area contributed by atoms with Gasteiger partial charge in [0.25, 0.3) is 0 Å². The number of likely N-dealkylation sites (N-methyl/N-ethyl adjacent to an activating group) is 1. The van der Waals surface area contributed by atoms with Gasteiger partial charge < -0.3 is 39.5 Å². The molecule has 3 aliphatic rings. The maximum Gasteiger partial charge on any atom is 0.410 e. The number of piperazine rings is 1. The van der Waals surface area contributed by atoms with E-state index in [1.54, 1.807) is 11.1 Å². The average Bonchev–Trinajstić information content (AvgIpc) is 4.08. The third kappa shape index (κ3) is 10.4. The standard InChI is InChI=1S/C47H61N9O5/c1-31(2)41(52-45(58)60-7)44(57)55-22-10-14-39(55)43-49-30-38(51-43)34-17-16-32(37(28-34)33-18-20-36(21-19-33)54-26-24-53(6)25-27-54)12-8-9-13-35-29-48-42(50-35)40-15-11-23-56(40)46(59)61-47(3,4)5/h8-9,12-13,16-21,28-31,39-41H,10-11,14-15,22-27H2,1-7H3,(H,48,50)(H,49,51)(H,52,58)/t39-,40-,41-/m0/s1. The zero-order chi connectivity index (χ0) is 43.3. The highest BCUT2D eigenvalue weighted by atomic mass is 16.6. The third-order valence-corrected chi connectivity index (χ3v) is 11.7. The Morgan fingerprint density at radius 2 is 1.46 bits per heavy atom. The van der Waals surface area contributed by atoms with Gasteiger partial charge >= 0.3 is 12.2 Å². The van der Waals surface area contributed by atoms with Gasteiger partial charge in [-0.3, -0.25) is 9.69 Å². The van der Waals surface area contributed by atoms with Crippen molar-refractivity contribution in [2.75, 3.05) is 58.3 Å². The van der Waals surface area contributed by atoms with Crippen molar-refractivity contribution in [3.8, 4) is 22.4 Å². The topological polar surface area (TPSA) is 152 Å². The van der Waals surface area contributed by atoms with Gasteiger partial charge in [0.1, 0.15) is 23.3 Å². The Bertz CT molecular complexity index is 2210. The molecule has 4 aromatic rings. The number of rotatable bonds is 11. The lowest BCUT2D eigenvalue weighted by Gasteiger charge is -2.34. The van der Waals surface area contributed by atoms with E-state index in [1.165, 1.54) is 12.8 Å². The number of aromatic nitrogens is 4. The molecule has 7 rings (SSSR count). The molecule has 0 unspecified atom stereocenters. The van der Waals surface area contributed by atoms with Crippen LogP contribution in [0.5, 0.6) is 0 Å². The van der Waals surface area contributed by atoms with Crippen LogP contribution < -0.4 is 10.2 Å². The Labute approximate surface area is 359 Å². The fourth-order valence-electron chi connectivity index (χ4n) is 8.40. The predicted molar refractivity (Wildman–Crippen MR) is 239 cm³/mol. The molecule has 0 radical (unpaired) electrons. The molecule has 3 N–H and O–H groups in total. The number of hydrogen-bond acceptors (Lipinski definition) is 9. The number of anilines is 1. The first-order valence-corrected chi connectivity index (χ1v) is 21.6. The summed E-state index contributed by atoms with van der Waals surface area (Å²) >= 11 is 0. The monoisotopic (exact) mass is 831 g/mol. The zero-order valence-electron chi connectivity index (χ0n) is 36.6. The van der Waals surface area contributed by atoms with E-state index < -0.39 is 17.7 Å². The number of alkyl carbamates (subject to hydrolysis) is 1. The molecule has 3 atom stereocenters. The van der Waals surface area contributed by atoms with E-state index in [0.717, 1.165) is 97.2 Å². The molecule has 324 valence electrons. The van der Waals surface area contributed by atoms with Crippen LogP contribution in [0.1, 0.15) is 95.3 Å². The van der Waals surface area contributed by atoms with E-state index in [0.29, 0.717) is 13.1 Å². The molecule has 14 heteroatoms. The number of hydrogen-bond donors (Lipinski definition) is 3. The van der Waals surface area contributed by atoms with E-state index >= 15 is 0 Å². The van der Waals surface area contributed by atoms with Crippen molar-refractivity contribution in [3.63, 3.8) is 0 Å². The number of aromatic amines is 2. The van der Waals surface area contributed by atoms with Gasteiger partial charge in [-0.05, 0) is 100 Å². The average molecular weight is 832 g/mol. The van der Waals surface area contributed by atoms with Crippen molar-refractivity contribution in [2.24, 2.45) is 5.92 Å². The van der Waals surface area contributed by atoms with Crippen LogP contribution in [0.4, 0.5) is 15.3 Å². The Balaban J connectivity index is 1.12. The van der Waals surface area contributed by atoms with Crippen molar-refractivity contribution in [2.45, 2.75) is 84.0 Å². The van der Waals surface area contributed by atoms with Crippen LogP contribution in [-0.2, 0) is 14.3 Å². The van der Waals surface area contributed by atoms with Crippen molar-refractivity contribution < 1.29 is 23.9 Å². The van der Waals surface area contributed by atoms with Gasteiger partial charge in [0, 0.05) is 50.5 Å². The number of H-pyrrole nitrogens is 2. The SMILES string of the molecule is COC(=O)N[C@H](C(=O)N1CCC[C@H]1c1ncc(-c2ccc(C=CC=Cc3cnc([C@@H]4CCCN4C(=O)OC(C)(C)C)[nH]3)c(-c3ccc(N4CCN(C)CC4)cc3)c2)[nH]1)C(C)C. The highest BCUT2D eigenvalue weighted by Crippen LogP contribution is 2.36. The number of imidazole rings is 2. The number of nitrogens with one attached hydrogen (secondary N) is 3. The van der Waals surface area contributed by atoms with Crippen LogP contribution in [0.15, 0.2) is 67.0 Å². The molecule has 3 saturated heterocycles. The molecule has 0 saturated carbocycles. The zero-order valence-corrected chi connectivity index (χ0v) is 36.6. The van der Waals surface area contributed by atoms with Crippen LogP contribution in [0, 0.1) is 5.92 Å². The minimum Gasteiger partial charge on any atom is -0.453 e. The number of benzene rings is 2. The van der Waals surface area contributed by atoms with Crippen LogP contribution in [0.25, 0.3) is 34.5 Å². The Morgan fingerprint density at radius 3 is 2.15 bits per heavy atom. The molecule has 2 aromatic heterocycles. The summed E-state index contributed by atoms with van der Waals surface area (Å²) in [5.74, 6) is 1.23. The van der Waals surface area contributed by atoms with Crippen LogP contribution in [-0.4, -0.2) is 118 Å². The summed E-state index contributed by atoms with van der Waals surface area (Å²) < 4.78 is 10.5. The molecule has 0 bridgehead atoms. The normalized spacial score (nSPS) is 19.4. The minimum absolute atomic E-state index is 0.115. The first kappa shape index (κ1) is 43.2. The van der Waals surface area contributed by atoms with Gasteiger partial charge in [0.05, 0.1) is 43.0 Å². The first-order chi connectivity index (χ1) is 29.3. The number of ether oxygens (including phenoxy) is 2. The maximum atomic E-state index is 13.8. The largest absolute Gasteiger partial charge is 0.453 e. The summed E-state index contributed by atoms with van der Waals surface area (Å²) in [4.78, 5) is 63.5. The van der Waals surface area contributed by atoms with E-state index in [1.807, 2.05) is 63.9 Å². The van der Waals surface area contributed by atoms with Gasteiger partial charge in [-0.2, -0.15) is 0 Å². The quantitative estimate of drug-likeness (QED) is 0.128. The van der Waals surface area contributed by atoms with Crippen LogP contribution >= 0.6 is 0 Å². The minimum atomic E-state index is -0.700. The number of likely N-dealkylation sites (tertiary alicyclic amines) is 2. The van der Waals surface area contributed by atoms with E-state index in [4.69, 9.17) is 14.5 Å². The highest BCUT2D eigenvalue weighted by molar-refractivity contribution is 5.86. The maximum absolute atomic E-state index is 13.8. The number of carbonyl (C=O) groups is 3. The number of methoxy groups -OCH3 is 1. The Morgan fingerprint density at radius 1 is 0.820 bits per heavy atom. The molecule has 3 amide bonds. The van der Waals surface area contributed by atoms with Crippen molar-refractivity contribution in [3.05, 3.63) is 89.9 Å². The molecule has 0 aliphatic carbocycles. The van der Waals surface area contributed by atoms with Gasteiger partial charge in [-0.25, -0.2) is 19.6 Å². The summed E-state index contributed by atoms with van der Waals surface area (Å²) in [6.45, 7) is 14.8. The van der Waals surface area contributed by atoms with Gasteiger partial charge in [0.2, 0.25) is 5.91 Å². The first-order valence-electron chi connectivity index (χ1n) is 21.6.